The van der Waals surface area contributed by atoms with E-state index in [4.69, 9.17) is 0 Å². The van der Waals surface area contributed by atoms with Crippen molar-refractivity contribution in [2.75, 3.05) is 11.5 Å². The number of hydrogen-bond acceptors (Lipinski definition) is 1. The lowest BCUT2D eigenvalue weighted by atomic mass is 9.91. The average molecular weight is 357 g/mol. The van der Waals surface area contributed by atoms with E-state index in [-0.39, 0.29) is 0 Å². The molecule has 0 bridgehead atoms. The van der Waals surface area contributed by atoms with Crippen molar-refractivity contribution in [2.45, 2.75) is 99.3 Å². The maximum Gasteiger partial charge on any atom is 0.0417 e. The summed E-state index contributed by atoms with van der Waals surface area (Å²) in [4.78, 5) is 0. The van der Waals surface area contributed by atoms with Crippen LogP contribution in [0, 0.1) is 17.8 Å². The maximum atomic E-state index is 11.4. The van der Waals surface area contributed by atoms with Crippen molar-refractivity contribution in [1.82, 2.24) is 0 Å². The van der Waals surface area contributed by atoms with E-state index >= 15 is 0 Å². The first-order valence-corrected chi connectivity index (χ1v) is 11.8. The Morgan fingerprint density at radius 3 is 1.88 bits per heavy atom. The summed E-state index contributed by atoms with van der Waals surface area (Å²) >= 11 is 0. The Morgan fingerprint density at radius 2 is 1.38 bits per heavy atom. The highest BCUT2D eigenvalue weighted by Crippen LogP contribution is 2.22. The van der Waals surface area contributed by atoms with Crippen molar-refractivity contribution in [3.63, 3.8) is 0 Å². The zero-order valence-electron chi connectivity index (χ0n) is 17.4. The van der Waals surface area contributed by atoms with Crippen LogP contribution in [0.2, 0.25) is 0 Å². The molecule has 0 aromatic carbocycles. The molecular formula is C22H44OS. The third-order valence-electron chi connectivity index (χ3n) is 5.08. The van der Waals surface area contributed by atoms with Crippen molar-refractivity contribution in [3.05, 3.63) is 11.6 Å². The van der Waals surface area contributed by atoms with Crippen molar-refractivity contribution in [3.8, 4) is 0 Å². The Bertz CT molecular complexity index is 346. The molecule has 0 rings (SSSR count). The van der Waals surface area contributed by atoms with Gasteiger partial charge in [-0.15, -0.1) is 0 Å². The van der Waals surface area contributed by atoms with Gasteiger partial charge in [-0.1, -0.05) is 91.2 Å². The lowest BCUT2D eigenvalue weighted by Gasteiger charge is -2.15. The molecule has 0 amide bonds. The third kappa shape index (κ3) is 15.4. The predicted octanol–water partition coefficient (Wildman–Crippen LogP) is 7.14. The first-order chi connectivity index (χ1) is 11.3. The number of allylic oxidation sites excluding steroid dienone is 1. The SMILES string of the molecule is CCS(=O)C/C=C(\C)CCC[C@H](C)CCC[C@H](C)CCCC(C)C. The van der Waals surface area contributed by atoms with Crippen LogP contribution in [0.4, 0.5) is 0 Å². The van der Waals surface area contributed by atoms with E-state index in [0.717, 1.165) is 29.3 Å². The van der Waals surface area contributed by atoms with Crippen molar-refractivity contribution >= 4 is 10.8 Å². The van der Waals surface area contributed by atoms with E-state index in [9.17, 15) is 4.21 Å². The summed E-state index contributed by atoms with van der Waals surface area (Å²) in [5.41, 5.74) is 1.42. The summed E-state index contributed by atoms with van der Waals surface area (Å²) in [5, 5.41) is 0. The molecule has 0 radical (unpaired) electrons. The quantitative estimate of drug-likeness (QED) is 0.285. The molecule has 0 aliphatic carbocycles. The van der Waals surface area contributed by atoms with Crippen LogP contribution < -0.4 is 0 Å². The van der Waals surface area contributed by atoms with Gasteiger partial charge in [-0.25, -0.2) is 0 Å². The average Bonchev–Trinajstić information content (AvgIpc) is 2.52. The predicted molar refractivity (Wildman–Crippen MR) is 112 cm³/mol. The third-order valence-corrected chi connectivity index (χ3v) is 6.26. The molecule has 0 aromatic rings. The van der Waals surface area contributed by atoms with E-state index < -0.39 is 10.8 Å². The molecule has 0 spiro atoms. The van der Waals surface area contributed by atoms with Gasteiger partial charge in [0, 0.05) is 22.3 Å². The molecule has 0 saturated carbocycles. The van der Waals surface area contributed by atoms with Gasteiger partial charge < -0.3 is 0 Å². The molecular weight excluding hydrogens is 312 g/mol. The smallest absolute Gasteiger partial charge is 0.0417 e. The Balaban J connectivity index is 3.65. The van der Waals surface area contributed by atoms with E-state index in [2.05, 4.69) is 40.7 Å². The van der Waals surface area contributed by atoms with Crippen molar-refractivity contribution < 1.29 is 4.21 Å². The summed E-state index contributed by atoms with van der Waals surface area (Å²) in [6.07, 6.45) is 14.4. The van der Waals surface area contributed by atoms with Crippen LogP contribution in [0.15, 0.2) is 11.6 Å². The van der Waals surface area contributed by atoms with Gasteiger partial charge in [0.15, 0.2) is 0 Å². The largest absolute Gasteiger partial charge is 0.259 e. The van der Waals surface area contributed by atoms with Gasteiger partial charge in [0.05, 0.1) is 0 Å². The second-order valence-corrected chi connectivity index (χ2v) is 10.1. The molecule has 1 unspecified atom stereocenters. The monoisotopic (exact) mass is 356 g/mol. The fourth-order valence-electron chi connectivity index (χ4n) is 3.16. The molecule has 144 valence electrons. The topological polar surface area (TPSA) is 17.1 Å². The highest BCUT2D eigenvalue weighted by atomic mass is 32.2. The van der Waals surface area contributed by atoms with Gasteiger partial charge in [-0.2, -0.15) is 0 Å². The molecule has 0 aliphatic heterocycles. The second kappa shape index (κ2) is 15.2. The van der Waals surface area contributed by atoms with Crippen LogP contribution in [0.3, 0.4) is 0 Å². The molecule has 0 saturated heterocycles. The van der Waals surface area contributed by atoms with Crippen molar-refractivity contribution in [2.24, 2.45) is 17.8 Å². The Kier molecular flexibility index (Phi) is 15.1. The first kappa shape index (κ1) is 23.9. The van der Waals surface area contributed by atoms with Crippen LogP contribution >= 0.6 is 0 Å². The Morgan fingerprint density at radius 1 is 0.875 bits per heavy atom. The molecule has 24 heavy (non-hydrogen) atoms. The summed E-state index contributed by atoms with van der Waals surface area (Å²) in [6, 6.07) is 0. The van der Waals surface area contributed by atoms with Crippen LogP contribution in [-0.2, 0) is 10.8 Å². The number of hydrogen-bond donors (Lipinski definition) is 0. The summed E-state index contributed by atoms with van der Waals surface area (Å²) in [5.74, 6) is 4.13. The van der Waals surface area contributed by atoms with E-state index in [1.54, 1.807) is 0 Å². The van der Waals surface area contributed by atoms with Gasteiger partial charge >= 0.3 is 0 Å². The van der Waals surface area contributed by atoms with E-state index in [0.29, 0.717) is 0 Å². The minimum Gasteiger partial charge on any atom is -0.259 e. The van der Waals surface area contributed by atoms with E-state index in [1.165, 1.54) is 63.4 Å². The Labute approximate surface area is 155 Å². The Hall–Kier alpha value is -0.110. The fraction of sp³-hybridized carbons (Fsp3) is 0.909. The van der Waals surface area contributed by atoms with Gasteiger partial charge in [0.2, 0.25) is 0 Å². The zero-order chi connectivity index (χ0) is 18.4. The highest BCUT2D eigenvalue weighted by molar-refractivity contribution is 7.85. The molecule has 0 heterocycles. The van der Waals surface area contributed by atoms with Gasteiger partial charge in [0.1, 0.15) is 0 Å². The zero-order valence-corrected chi connectivity index (χ0v) is 18.2. The molecule has 2 heteroatoms. The van der Waals surface area contributed by atoms with Crippen LogP contribution in [0.25, 0.3) is 0 Å². The van der Waals surface area contributed by atoms with Crippen molar-refractivity contribution in [1.29, 1.82) is 0 Å². The standard InChI is InChI=1S/C22H44OS/c1-7-24(23)18-17-22(6)16-10-15-21(5)14-9-13-20(4)12-8-11-19(2)3/h17,19-21H,7-16,18H2,1-6H3/b22-17+/t20-,21-,24?/m1/s1. The van der Waals surface area contributed by atoms with Crippen LogP contribution in [-0.4, -0.2) is 15.7 Å². The molecule has 3 atom stereocenters. The minimum atomic E-state index is -0.653. The normalized spacial score (nSPS) is 16.4. The summed E-state index contributed by atoms with van der Waals surface area (Å²) in [7, 11) is -0.653. The minimum absolute atomic E-state index is 0.653. The fourth-order valence-corrected chi connectivity index (χ4v) is 3.87. The van der Waals surface area contributed by atoms with Crippen LogP contribution in [0.1, 0.15) is 99.3 Å². The molecule has 0 fully saturated rings. The highest BCUT2D eigenvalue weighted by Gasteiger charge is 2.06. The van der Waals surface area contributed by atoms with Gasteiger partial charge in [-0.05, 0) is 37.5 Å². The lowest BCUT2D eigenvalue weighted by molar-refractivity contribution is 0.389. The van der Waals surface area contributed by atoms with Crippen LogP contribution in [0.5, 0.6) is 0 Å². The lowest BCUT2D eigenvalue weighted by Crippen LogP contribution is -2.00. The van der Waals surface area contributed by atoms with Gasteiger partial charge in [-0.3, -0.25) is 4.21 Å². The molecule has 0 N–H and O–H groups in total. The van der Waals surface area contributed by atoms with E-state index in [1.807, 2.05) is 6.92 Å². The second-order valence-electron chi connectivity index (χ2n) is 8.30. The number of rotatable bonds is 15. The molecule has 0 aromatic heterocycles. The van der Waals surface area contributed by atoms with Gasteiger partial charge in [0.25, 0.3) is 0 Å². The summed E-state index contributed by atoms with van der Waals surface area (Å²) < 4.78 is 11.4. The molecule has 1 nitrogen and oxygen atoms in total. The maximum absolute atomic E-state index is 11.4. The first-order valence-electron chi connectivity index (χ1n) is 10.4. The summed E-state index contributed by atoms with van der Waals surface area (Å²) in [6.45, 7) is 13.7. The molecule has 0 aliphatic rings.